The number of imidazole rings is 1. The summed E-state index contributed by atoms with van der Waals surface area (Å²) in [5, 5.41) is 0. The predicted octanol–water partition coefficient (Wildman–Crippen LogP) is 2.74. The maximum atomic E-state index is 14.7. The lowest BCUT2D eigenvalue weighted by Crippen LogP contribution is -2.41. The van der Waals surface area contributed by atoms with Crippen molar-refractivity contribution in [2.75, 3.05) is 13.2 Å². The van der Waals surface area contributed by atoms with Crippen LogP contribution in [-0.4, -0.2) is 41.1 Å². The van der Waals surface area contributed by atoms with Crippen molar-refractivity contribution < 1.29 is 18.4 Å². The summed E-state index contributed by atoms with van der Waals surface area (Å²) in [6.07, 6.45) is 0.911. The van der Waals surface area contributed by atoms with Gasteiger partial charge in [-0.05, 0) is 58.6 Å². The molecule has 134 valence electrons. The molecule has 0 N–H and O–H groups in total. The van der Waals surface area contributed by atoms with Gasteiger partial charge in [0.25, 0.3) is 0 Å². The first-order valence-electron chi connectivity index (χ1n) is 8.81. The van der Waals surface area contributed by atoms with Crippen molar-refractivity contribution in [2.45, 2.75) is 58.3 Å². The molecule has 2 aliphatic rings. The lowest BCUT2D eigenvalue weighted by Gasteiger charge is -2.32. The zero-order valence-electron chi connectivity index (χ0n) is 15.4. The quantitative estimate of drug-likeness (QED) is 0.785. The minimum atomic E-state index is -0.590. The Bertz CT molecular complexity index is 811. The summed E-state index contributed by atoms with van der Waals surface area (Å²) in [5.41, 5.74) is 0.933. The van der Waals surface area contributed by atoms with E-state index in [0.29, 0.717) is 17.6 Å². The summed E-state index contributed by atoms with van der Waals surface area (Å²) in [6, 6.07) is 3.61. The molecule has 2 saturated heterocycles. The molecule has 0 amide bonds. The fourth-order valence-electron chi connectivity index (χ4n) is 3.59. The number of aromatic nitrogens is 2. The topological polar surface area (TPSA) is 45.5 Å². The molecular weight excluding hydrogens is 322 g/mol. The Morgan fingerprint density at radius 3 is 2.48 bits per heavy atom. The van der Waals surface area contributed by atoms with Crippen molar-refractivity contribution in [3.05, 3.63) is 23.8 Å². The third-order valence-electron chi connectivity index (χ3n) is 5.74. The van der Waals surface area contributed by atoms with Gasteiger partial charge in [0.2, 0.25) is 0 Å². The number of aryl methyl sites for hydroxylation is 1. The molecule has 5 nitrogen and oxygen atoms in total. The van der Waals surface area contributed by atoms with Gasteiger partial charge in [-0.25, -0.2) is 9.37 Å². The Kier molecular flexibility index (Phi) is 3.76. The number of halogens is 1. The molecule has 4 rings (SSSR count). The van der Waals surface area contributed by atoms with E-state index < -0.39 is 18.3 Å². The zero-order chi connectivity index (χ0) is 18.0. The summed E-state index contributed by atoms with van der Waals surface area (Å²) in [4.78, 5) is 4.43. The van der Waals surface area contributed by atoms with Crippen LogP contribution in [0.4, 0.5) is 4.39 Å². The van der Waals surface area contributed by atoms with Crippen LogP contribution < -0.4 is 5.46 Å². The van der Waals surface area contributed by atoms with Gasteiger partial charge in [-0.3, -0.25) is 0 Å². The van der Waals surface area contributed by atoms with E-state index in [1.54, 1.807) is 0 Å². The Morgan fingerprint density at radius 2 is 1.88 bits per heavy atom. The van der Waals surface area contributed by atoms with Crippen LogP contribution in [-0.2, 0) is 14.0 Å². The van der Waals surface area contributed by atoms with Crippen LogP contribution in [0.5, 0.6) is 0 Å². The standard InChI is InChI=1S/C18H24BFN2O3/c1-11-21-16-14(20)8-12(19-24-17(2,3)18(4,5)25-19)9-15(16)22(11)13-6-7-23-10-13/h8-9,13H,6-7,10H2,1-5H3. The zero-order valence-corrected chi connectivity index (χ0v) is 15.4. The van der Waals surface area contributed by atoms with E-state index in [9.17, 15) is 4.39 Å². The number of benzene rings is 1. The van der Waals surface area contributed by atoms with Gasteiger partial charge in [-0.2, -0.15) is 0 Å². The Labute approximate surface area is 147 Å². The molecule has 7 heteroatoms. The second-order valence-corrected chi connectivity index (χ2v) is 8.01. The smallest absolute Gasteiger partial charge is 0.399 e. The molecule has 0 spiro atoms. The van der Waals surface area contributed by atoms with E-state index in [1.807, 2.05) is 40.7 Å². The molecule has 2 aromatic rings. The Morgan fingerprint density at radius 1 is 1.20 bits per heavy atom. The van der Waals surface area contributed by atoms with Crippen molar-refractivity contribution in [1.82, 2.24) is 9.55 Å². The first-order valence-corrected chi connectivity index (χ1v) is 8.81. The summed E-state index contributed by atoms with van der Waals surface area (Å²) in [7, 11) is -0.590. The van der Waals surface area contributed by atoms with Crippen LogP contribution >= 0.6 is 0 Å². The van der Waals surface area contributed by atoms with Crippen LogP contribution in [0.25, 0.3) is 11.0 Å². The Balaban J connectivity index is 1.80. The highest BCUT2D eigenvalue weighted by Gasteiger charge is 2.52. The van der Waals surface area contributed by atoms with E-state index in [2.05, 4.69) is 9.55 Å². The first-order chi connectivity index (χ1) is 11.7. The van der Waals surface area contributed by atoms with E-state index in [1.165, 1.54) is 6.07 Å². The maximum Gasteiger partial charge on any atom is 0.495 e. The molecule has 1 unspecified atom stereocenters. The summed E-state index contributed by atoms with van der Waals surface area (Å²) >= 11 is 0. The van der Waals surface area contributed by atoms with Crippen molar-refractivity contribution in [2.24, 2.45) is 0 Å². The SMILES string of the molecule is Cc1nc2c(F)cc(B3OC(C)(C)C(C)(C)O3)cc2n1C1CCOC1. The fourth-order valence-corrected chi connectivity index (χ4v) is 3.59. The highest BCUT2D eigenvalue weighted by Crippen LogP contribution is 2.37. The molecule has 1 aromatic heterocycles. The number of rotatable bonds is 2. The Hall–Kier alpha value is -1.44. The summed E-state index contributed by atoms with van der Waals surface area (Å²) in [6.45, 7) is 11.2. The number of nitrogens with zero attached hydrogens (tertiary/aromatic N) is 2. The van der Waals surface area contributed by atoms with Crippen molar-refractivity contribution in [1.29, 1.82) is 0 Å². The molecule has 0 aliphatic carbocycles. The van der Waals surface area contributed by atoms with Gasteiger partial charge >= 0.3 is 7.12 Å². The summed E-state index contributed by atoms with van der Waals surface area (Å²) < 4.78 is 34.5. The predicted molar refractivity (Wildman–Crippen MR) is 94.6 cm³/mol. The second-order valence-electron chi connectivity index (χ2n) is 8.01. The maximum absolute atomic E-state index is 14.7. The molecule has 1 atom stereocenters. The molecular formula is C18H24BFN2O3. The number of hydrogen-bond acceptors (Lipinski definition) is 4. The average Bonchev–Trinajstić information content (AvgIpc) is 3.17. The average molecular weight is 346 g/mol. The van der Waals surface area contributed by atoms with E-state index in [4.69, 9.17) is 14.0 Å². The van der Waals surface area contributed by atoms with Crippen LogP contribution in [0.15, 0.2) is 12.1 Å². The normalized spacial score (nSPS) is 25.2. The minimum Gasteiger partial charge on any atom is -0.399 e. The van der Waals surface area contributed by atoms with Gasteiger partial charge in [-0.15, -0.1) is 0 Å². The van der Waals surface area contributed by atoms with Gasteiger partial charge in [0, 0.05) is 6.61 Å². The molecule has 0 radical (unpaired) electrons. The summed E-state index contributed by atoms with van der Waals surface area (Å²) in [5.74, 6) is 0.457. The highest BCUT2D eigenvalue weighted by atomic mass is 19.1. The van der Waals surface area contributed by atoms with Crippen molar-refractivity contribution >= 4 is 23.6 Å². The van der Waals surface area contributed by atoms with Gasteiger partial charge in [0.15, 0.2) is 5.82 Å². The highest BCUT2D eigenvalue weighted by molar-refractivity contribution is 6.62. The van der Waals surface area contributed by atoms with Crippen LogP contribution in [0.3, 0.4) is 0 Å². The molecule has 2 fully saturated rings. The van der Waals surface area contributed by atoms with Gasteiger partial charge in [-0.1, -0.05) is 0 Å². The number of hydrogen-bond donors (Lipinski definition) is 0. The van der Waals surface area contributed by atoms with E-state index >= 15 is 0 Å². The third-order valence-corrected chi connectivity index (χ3v) is 5.74. The van der Waals surface area contributed by atoms with Crippen LogP contribution in [0, 0.1) is 12.7 Å². The van der Waals surface area contributed by atoms with Gasteiger partial charge in [0.1, 0.15) is 11.3 Å². The van der Waals surface area contributed by atoms with Crippen LogP contribution in [0.1, 0.15) is 46.0 Å². The van der Waals surface area contributed by atoms with Gasteiger partial charge in [0.05, 0.1) is 29.4 Å². The van der Waals surface area contributed by atoms with Gasteiger partial charge < -0.3 is 18.6 Å². The van der Waals surface area contributed by atoms with E-state index in [-0.39, 0.29) is 11.9 Å². The van der Waals surface area contributed by atoms with E-state index in [0.717, 1.165) is 24.4 Å². The minimum absolute atomic E-state index is 0.193. The molecule has 0 saturated carbocycles. The molecule has 0 bridgehead atoms. The first kappa shape index (κ1) is 17.0. The molecule has 3 heterocycles. The molecule has 1 aromatic carbocycles. The monoisotopic (exact) mass is 346 g/mol. The lowest BCUT2D eigenvalue weighted by atomic mass is 9.79. The molecule has 2 aliphatic heterocycles. The second kappa shape index (κ2) is 5.53. The van der Waals surface area contributed by atoms with Crippen LogP contribution in [0.2, 0.25) is 0 Å². The third kappa shape index (κ3) is 2.60. The molecule has 25 heavy (non-hydrogen) atoms. The largest absolute Gasteiger partial charge is 0.495 e. The van der Waals surface area contributed by atoms with Crippen molar-refractivity contribution in [3.63, 3.8) is 0 Å². The fraction of sp³-hybridized carbons (Fsp3) is 0.611. The van der Waals surface area contributed by atoms with Crippen molar-refractivity contribution in [3.8, 4) is 0 Å². The number of fused-ring (bicyclic) bond motifs is 1. The number of ether oxygens (including phenoxy) is 1. The lowest BCUT2D eigenvalue weighted by molar-refractivity contribution is 0.00578.